The van der Waals surface area contributed by atoms with Crippen LogP contribution in [0.25, 0.3) is 0 Å². The van der Waals surface area contributed by atoms with Crippen LogP contribution in [-0.4, -0.2) is 22.7 Å². The fourth-order valence-electron chi connectivity index (χ4n) is 2.20. The van der Waals surface area contributed by atoms with Gasteiger partial charge in [-0.15, -0.1) is 0 Å². The van der Waals surface area contributed by atoms with E-state index in [0.29, 0.717) is 0 Å². The van der Waals surface area contributed by atoms with Gasteiger partial charge in [-0.25, -0.2) is 4.98 Å². The van der Waals surface area contributed by atoms with Crippen LogP contribution in [-0.2, 0) is 0 Å². The molecular formula is C14H19N3O. The molecule has 0 fully saturated rings. The highest BCUT2D eigenvalue weighted by Crippen LogP contribution is 2.24. The van der Waals surface area contributed by atoms with Crippen LogP contribution >= 0.6 is 0 Å². The summed E-state index contributed by atoms with van der Waals surface area (Å²) in [5.74, 6) is 1.82. The number of imidazole rings is 1. The van der Waals surface area contributed by atoms with Gasteiger partial charge in [0.25, 0.3) is 0 Å². The summed E-state index contributed by atoms with van der Waals surface area (Å²) in [5.41, 5.74) is 7.28. The smallest absolute Gasteiger partial charge is 0.118 e. The first-order chi connectivity index (χ1) is 8.63. The van der Waals surface area contributed by atoms with Crippen LogP contribution in [0.5, 0.6) is 5.75 Å². The van der Waals surface area contributed by atoms with Crippen molar-refractivity contribution in [1.82, 2.24) is 9.55 Å². The molecule has 1 aromatic heterocycles. The van der Waals surface area contributed by atoms with Crippen molar-refractivity contribution in [2.24, 2.45) is 5.73 Å². The van der Waals surface area contributed by atoms with Gasteiger partial charge in [0.15, 0.2) is 0 Å². The number of aromatic nitrogens is 2. The molecule has 2 unspecified atom stereocenters. The number of ether oxygens (including phenoxy) is 1. The molecule has 2 atom stereocenters. The minimum Gasteiger partial charge on any atom is -0.497 e. The lowest BCUT2D eigenvalue weighted by atomic mass is 10.0. The Morgan fingerprint density at radius 2 is 1.94 bits per heavy atom. The van der Waals surface area contributed by atoms with E-state index in [-0.39, 0.29) is 12.1 Å². The first kappa shape index (κ1) is 12.6. The second-order valence-electron chi connectivity index (χ2n) is 4.46. The third-order valence-electron chi connectivity index (χ3n) is 3.12. The molecule has 0 radical (unpaired) electrons. The molecule has 4 heteroatoms. The lowest BCUT2D eigenvalue weighted by Crippen LogP contribution is -2.30. The molecule has 18 heavy (non-hydrogen) atoms. The van der Waals surface area contributed by atoms with Crippen molar-refractivity contribution in [2.45, 2.75) is 25.9 Å². The van der Waals surface area contributed by atoms with Gasteiger partial charge in [-0.1, -0.05) is 12.1 Å². The van der Waals surface area contributed by atoms with Crippen molar-refractivity contribution in [3.63, 3.8) is 0 Å². The maximum atomic E-state index is 6.12. The van der Waals surface area contributed by atoms with E-state index in [1.165, 1.54) is 0 Å². The molecule has 0 saturated heterocycles. The van der Waals surface area contributed by atoms with Crippen molar-refractivity contribution in [3.05, 3.63) is 48.0 Å². The van der Waals surface area contributed by atoms with E-state index < -0.39 is 0 Å². The maximum absolute atomic E-state index is 6.12. The zero-order chi connectivity index (χ0) is 13.1. The Labute approximate surface area is 107 Å². The Bertz CT molecular complexity index is 502. The van der Waals surface area contributed by atoms with Crippen LogP contribution in [0.1, 0.15) is 24.4 Å². The summed E-state index contributed by atoms with van der Waals surface area (Å²) >= 11 is 0. The quantitative estimate of drug-likeness (QED) is 0.897. The van der Waals surface area contributed by atoms with E-state index in [2.05, 4.69) is 9.55 Å². The Hall–Kier alpha value is -1.81. The van der Waals surface area contributed by atoms with Crippen LogP contribution in [0.4, 0.5) is 0 Å². The highest BCUT2D eigenvalue weighted by Gasteiger charge is 2.19. The van der Waals surface area contributed by atoms with Gasteiger partial charge in [0.05, 0.1) is 13.2 Å². The molecule has 2 aromatic rings. The fourth-order valence-corrected chi connectivity index (χ4v) is 2.20. The number of hydrogen-bond donors (Lipinski definition) is 1. The SMILES string of the molecule is COc1ccc(C(C(C)N)n2ccnc2C)cc1. The van der Waals surface area contributed by atoms with Crippen LogP contribution in [0.3, 0.4) is 0 Å². The van der Waals surface area contributed by atoms with Gasteiger partial charge in [0.2, 0.25) is 0 Å². The summed E-state index contributed by atoms with van der Waals surface area (Å²) in [4.78, 5) is 4.26. The summed E-state index contributed by atoms with van der Waals surface area (Å²) in [6.07, 6.45) is 3.77. The van der Waals surface area contributed by atoms with E-state index in [1.807, 2.05) is 44.3 Å². The largest absolute Gasteiger partial charge is 0.497 e. The Balaban J connectivity index is 2.39. The molecule has 0 aliphatic rings. The molecule has 0 bridgehead atoms. The molecule has 96 valence electrons. The first-order valence-electron chi connectivity index (χ1n) is 6.02. The van der Waals surface area contributed by atoms with Gasteiger partial charge in [-0.2, -0.15) is 0 Å². The predicted molar refractivity (Wildman–Crippen MR) is 71.7 cm³/mol. The minimum absolute atomic E-state index is 0.00583. The standard InChI is InChI=1S/C14H19N3O/c1-10(15)14(17-9-8-16-11(17)2)12-4-6-13(18-3)7-5-12/h4-10,14H,15H2,1-3H3. The molecule has 1 aromatic carbocycles. The molecule has 0 spiro atoms. The van der Waals surface area contributed by atoms with Gasteiger partial charge < -0.3 is 15.0 Å². The zero-order valence-electron chi connectivity index (χ0n) is 11.0. The third kappa shape index (κ3) is 2.38. The molecule has 0 aliphatic carbocycles. The van der Waals surface area contributed by atoms with Crippen molar-refractivity contribution >= 4 is 0 Å². The van der Waals surface area contributed by atoms with E-state index in [4.69, 9.17) is 10.5 Å². The molecular weight excluding hydrogens is 226 g/mol. The fraction of sp³-hybridized carbons (Fsp3) is 0.357. The summed E-state index contributed by atoms with van der Waals surface area (Å²) in [6.45, 7) is 3.99. The second-order valence-corrected chi connectivity index (χ2v) is 4.46. The van der Waals surface area contributed by atoms with Crippen LogP contribution < -0.4 is 10.5 Å². The van der Waals surface area contributed by atoms with E-state index in [0.717, 1.165) is 17.1 Å². The summed E-state index contributed by atoms with van der Waals surface area (Å²) in [5, 5.41) is 0. The number of benzene rings is 1. The van der Waals surface area contributed by atoms with Gasteiger partial charge in [-0.3, -0.25) is 0 Å². The van der Waals surface area contributed by atoms with Crippen LogP contribution in [0.15, 0.2) is 36.7 Å². The van der Waals surface area contributed by atoms with Crippen LogP contribution in [0.2, 0.25) is 0 Å². The van der Waals surface area contributed by atoms with Crippen molar-refractivity contribution in [3.8, 4) is 5.75 Å². The van der Waals surface area contributed by atoms with Crippen molar-refractivity contribution in [1.29, 1.82) is 0 Å². The predicted octanol–water partition coefficient (Wildman–Crippen LogP) is 2.14. The Morgan fingerprint density at radius 3 is 2.39 bits per heavy atom. The maximum Gasteiger partial charge on any atom is 0.118 e. The average molecular weight is 245 g/mol. The molecule has 4 nitrogen and oxygen atoms in total. The Kier molecular flexibility index (Phi) is 3.67. The number of aryl methyl sites for hydroxylation is 1. The Morgan fingerprint density at radius 1 is 1.28 bits per heavy atom. The van der Waals surface area contributed by atoms with Crippen LogP contribution in [0, 0.1) is 6.92 Å². The van der Waals surface area contributed by atoms with Gasteiger partial charge in [0, 0.05) is 18.4 Å². The molecule has 0 saturated carbocycles. The first-order valence-corrected chi connectivity index (χ1v) is 6.02. The number of nitrogens with two attached hydrogens (primary N) is 1. The zero-order valence-corrected chi connectivity index (χ0v) is 11.0. The minimum atomic E-state index is 0.00583. The lowest BCUT2D eigenvalue weighted by Gasteiger charge is -2.24. The molecule has 2 rings (SSSR count). The molecule has 0 aliphatic heterocycles. The second kappa shape index (κ2) is 5.23. The van der Waals surface area contributed by atoms with Crippen molar-refractivity contribution < 1.29 is 4.74 Å². The average Bonchev–Trinajstić information content (AvgIpc) is 2.76. The molecule has 2 N–H and O–H groups in total. The molecule has 1 heterocycles. The molecule has 0 amide bonds. The van der Waals surface area contributed by atoms with E-state index in [9.17, 15) is 0 Å². The highest BCUT2D eigenvalue weighted by molar-refractivity contribution is 5.30. The normalized spacial score (nSPS) is 14.2. The van der Waals surface area contributed by atoms with Crippen molar-refractivity contribution in [2.75, 3.05) is 7.11 Å². The summed E-state index contributed by atoms with van der Waals surface area (Å²) in [7, 11) is 1.66. The van der Waals surface area contributed by atoms with Gasteiger partial charge in [0.1, 0.15) is 11.6 Å². The van der Waals surface area contributed by atoms with Gasteiger partial charge >= 0.3 is 0 Å². The third-order valence-corrected chi connectivity index (χ3v) is 3.12. The monoisotopic (exact) mass is 245 g/mol. The highest BCUT2D eigenvalue weighted by atomic mass is 16.5. The number of nitrogens with zero attached hydrogens (tertiary/aromatic N) is 2. The number of rotatable bonds is 4. The summed E-state index contributed by atoms with van der Waals surface area (Å²) < 4.78 is 7.28. The topological polar surface area (TPSA) is 53.1 Å². The van der Waals surface area contributed by atoms with Gasteiger partial charge in [-0.05, 0) is 31.5 Å². The summed E-state index contributed by atoms with van der Waals surface area (Å²) in [6, 6.07) is 8.11. The van der Waals surface area contributed by atoms with E-state index >= 15 is 0 Å². The lowest BCUT2D eigenvalue weighted by molar-refractivity contribution is 0.414. The number of methoxy groups -OCH3 is 1. The van der Waals surface area contributed by atoms with E-state index in [1.54, 1.807) is 13.3 Å². The number of hydrogen-bond acceptors (Lipinski definition) is 3.